The van der Waals surface area contributed by atoms with E-state index in [0.29, 0.717) is 6.04 Å². The molecule has 0 amide bonds. The third-order valence-corrected chi connectivity index (χ3v) is 4.07. The Morgan fingerprint density at radius 3 is 2.47 bits per heavy atom. The molecule has 2 aromatic rings. The molecule has 3 heteroatoms. The van der Waals surface area contributed by atoms with Gasteiger partial charge >= 0.3 is 0 Å². The molecule has 0 unspecified atom stereocenters. The van der Waals surface area contributed by atoms with Gasteiger partial charge in [0.25, 0.3) is 0 Å². The van der Waals surface area contributed by atoms with Crippen LogP contribution in [0.4, 0.5) is 5.69 Å². The van der Waals surface area contributed by atoms with Crippen LogP contribution in [-0.2, 0) is 7.05 Å². The maximum atomic E-state index is 4.20. The average molecular weight is 255 g/mol. The zero-order chi connectivity index (χ0) is 13.1. The molecule has 19 heavy (non-hydrogen) atoms. The zero-order valence-electron chi connectivity index (χ0n) is 11.4. The van der Waals surface area contributed by atoms with Crippen molar-refractivity contribution in [1.29, 1.82) is 0 Å². The van der Waals surface area contributed by atoms with Gasteiger partial charge in [0.1, 0.15) is 0 Å². The monoisotopic (exact) mass is 255 g/mol. The molecule has 1 N–H and O–H groups in total. The second kappa shape index (κ2) is 5.47. The topological polar surface area (TPSA) is 29.9 Å². The molecule has 3 nitrogen and oxygen atoms in total. The average Bonchev–Trinajstić information content (AvgIpc) is 2.86. The highest BCUT2D eigenvalue weighted by Crippen LogP contribution is 2.33. The number of nitrogens with one attached hydrogen (secondary N) is 1. The minimum absolute atomic E-state index is 0.601. The van der Waals surface area contributed by atoms with Gasteiger partial charge in [-0.1, -0.05) is 30.3 Å². The normalized spacial score (nSPS) is 23.2. The Hall–Kier alpha value is -1.77. The first-order valence-electron chi connectivity index (χ1n) is 7.11. The van der Waals surface area contributed by atoms with Crippen molar-refractivity contribution in [3.8, 4) is 0 Å². The third-order valence-electron chi connectivity index (χ3n) is 4.07. The molecule has 1 aliphatic carbocycles. The molecule has 1 aromatic carbocycles. The van der Waals surface area contributed by atoms with Crippen molar-refractivity contribution in [2.45, 2.75) is 37.6 Å². The number of rotatable bonds is 3. The van der Waals surface area contributed by atoms with E-state index in [9.17, 15) is 0 Å². The first kappa shape index (κ1) is 12.3. The van der Waals surface area contributed by atoms with E-state index >= 15 is 0 Å². The van der Waals surface area contributed by atoms with Gasteiger partial charge in [0.2, 0.25) is 0 Å². The summed E-state index contributed by atoms with van der Waals surface area (Å²) in [5.41, 5.74) is 2.65. The van der Waals surface area contributed by atoms with Crippen molar-refractivity contribution in [3.05, 3.63) is 48.3 Å². The van der Waals surface area contributed by atoms with Crippen LogP contribution in [0.1, 0.15) is 37.2 Å². The lowest BCUT2D eigenvalue weighted by atomic mass is 9.82. The smallest absolute Gasteiger partial charge is 0.0728 e. The molecule has 1 saturated carbocycles. The highest BCUT2D eigenvalue weighted by atomic mass is 15.3. The molecule has 0 atom stereocenters. The largest absolute Gasteiger partial charge is 0.380 e. The summed E-state index contributed by atoms with van der Waals surface area (Å²) in [5, 5.41) is 7.79. The van der Waals surface area contributed by atoms with Gasteiger partial charge in [-0.25, -0.2) is 0 Å². The highest BCUT2D eigenvalue weighted by Gasteiger charge is 2.22. The van der Waals surface area contributed by atoms with Crippen molar-refractivity contribution in [3.63, 3.8) is 0 Å². The minimum atomic E-state index is 0.601. The van der Waals surface area contributed by atoms with E-state index in [0.717, 1.165) is 11.6 Å². The van der Waals surface area contributed by atoms with Gasteiger partial charge in [0.05, 0.1) is 11.9 Å². The van der Waals surface area contributed by atoms with Crippen LogP contribution in [-0.4, -0.2) is 15.8 Å². The molecule has 0 aliphatic heterocycles. The summed E-state index contributed by atoms with van der Waals surface area (Å²) >= 11 is 0. The van der Waals surface area contributed by atoms with Gasteiger partial charge < -0.3 is 5.32 Å². The van der Waals surface area contributed by atoms with Gasteiger partial charge in [-0.3, -0.25) is 4.68 Å². The molecule has 3 rings (SSSR count). The molecule has 0 bridgehead atoms. The Labute approximate surface area is 114 Å². The molecular formula is C16H21N3. The first-order chi connectivity index (χ1) is 9.31. The minimum Gasteiger partial charge on any atom is -0.380 e. The quantitative estimate of drug-likeness (QED) is 0.909. The molecule has 100 valence electrons. The van der Waals surface area contributed by atoms with Crippen LogP contribution in [0.15, 0.2) is 42.7 Å². The number of hydrogen-bond donors (Lipinski definition) is 1. The van der Waals surface area contributed by atoms with Crippen LogP contribution in [0.2, 0.25) is 0 Å². The van der Waals surface area contributed by atoms with Crippen LogP contribution in [0.3, 0.4) is 0 Å². The summed E-state index contributed by atoms with van der Waals surface area (Å²) in [6.07, 6.45) is 9.00. The summed E-state index contributed by atoms with van der Waals surface area (Å²) in [5.74, 6) is 0.744. The lowest BCUT2D eigenvalue weighted by Gasteiger charge is -2.29. The lowest BCUT2D eigenvalue weighted by molar-refractivity contribution is 0.412. The maximum Gasteiger partial charge on any atom is 0.0728 e. The number of anilines is 1. The van der Waals surface area contributed by atoms with Gasteiger partial charge in [-0.2, -0.15) is 5.10 Å². The van der Waals surface area contributed by atoms with Crippen molar-refractivity contribution >= 4 is 5.69 Å². The summed E-state index contributed by atoms with van der Waals surface area (Å²) < 4.78 is 1.85. The molecular weight excluding hydrogens is 234 g/mol. The van der Waals surface area contributed by atoms with Crippen LogP contribution in [0.25, 0.3) is 0 Å². The van der Waals surface area contributed by atoms with E-state index in [4.69, 9.17) is 0 Å². The molecule has 0 radical (unpaired) electrons. The van der Waals surface area contributed by atoms with Crippen molar-refractivity contribution in [2.24, 2.45) is 7.05 Å². The predicted molar refractivity (Wildman–Crippen MR) is 78.3 cm³/mol. The Balaban J connectivity index is 1.55. The Kier molecular flexibility index (Phi) is 3.53. The van der Waals surface area contributed by atoms with Gasteiger partial charge in [-0.05, 0) is 37.2 Å². The standard InChI is InChI=1S/C16H21N3/c1-19-12-16(11-17-19)18-15-9-7-14(8-10-15)13-5-3-2-4-6-13/h2-6,11-12,14-15,18H,7-10H2,1H3. The summed E-state index contributed by atoms with van der Waals surface area (Å²) in [6.45, 7) is 0. The number of nitrogens with zero attached hydrogens (tertiary/aromatic N) is 2. The van der Waals surface area contributed by atoms with Crippen molar-refractivity contribution < 1.29 is 0 Å². The summed E-state index contributed by atoms with van der Waals surface area (Å²) in [4.78, 5) is 0. The molecule has 1 aliphatic rings. The molecule has 1 heterocycles. The SMILES string of the molecule is Cn1cc(NC2CCC(c3ccccc3)CC2)cn1. The number of aryl methyl sites for hydroxylation is 1. The Morgan fingerprint density at radius 1 is 1.11 bits per heavy atom. The Bertz CT molecular complexity index is 510. The van der Waals surface area contributed by atoms with Gasteiger partial charge in [0.15, 0.2) is 0 Å². The molecule has 1 fully saturated rings. The number of benzene rings is 1. The number of hydrogen-bond acceptors (Lipinski definition) is 2. The number of aromatic nitrogens is 2. The van der Waals surface area contributed by atoms with Gasteiger partial charge in [0, 0.05) is 19.3 Å². The van der Waals surface area contributed by atoms with E-state index in [-0.39, 0.29) is 0 Å². The van der Waals surface area contributed by atoms with Crippen LogP contribution >= 0.6 is 0 Å². The zero-order valence-corrected chi connectivity index (χ0v) is 11.4. The molecule has 0 spiro atoms. The van der Waals surface area contributed by atoms with E-state index in [1.54, 1.807) is 0 Å². The van der Waals surface area contributed by atoms with Gasteiger partial charge in [-0.15, -0.1) is 0 Å². The maximum absolute atomic E-state index is 4.20. The fourth-order valence-corrected chi connectivity index (χ4v) is 3.03. The Morgan fingerprint density at radius 2 is 1.84 bits per heavy atom. The predicted octanol–water partition coefficient (Wildman–Crippen LogP) is 3.56. The highest BCUT2D eigenvalue weighted by molar-refractivity contribution is 5.39. The molecule has 0 saturated heterocycles. The summed E-state index contributed by atoms with van der Waals surface area (Å²) in [6, 6.07) is 11.5. The van der Waals surface area contributed by atoms with Crippen molar-refractivity contribution in [1.82, 2.24) is 9.78 Å². The second-order valence-corrected chi connectivity index (χ2v) is 5.51. The first-order valence-corrected chi connectivity index (χ1v) is 7.11. The van der Waals surface area contributed by atoms with Crippen LogP contribution < -0.4 is 5.32 Å². The van der Waals surface area contributed by atoms with Crippen molar-refractivity contribution in [2.75, 3.05) is 5.32 Å². The van der Waals surface area contributed by atoms with Crippen LogP contribution in [0.5, 0.6) is 0 Å². The van der Waals surface area contributed by atoms with E-state index < -0.39 is 0 Å². The lowest BCUT2D eigenvalue weighted by Crippen LogP contribution is -2.25. The fraction of sp³-hybridized carbons (Fsp3) is 0.438. The van der Waals surface area contributed by atoms with E-state index in [1.165, 1.54) is 31.2 Å². The summed E-state index contributed by atoms with van der Waals surface area (Å²) in [7, 11) is 1.96. The third kappa shape index (κ3) is 2.98. The van der Waals surface area contributed by atoms with Crippen LogP contribution in [0, 0.1) is 0 Å². The second-order valence-electron chi connectivity index (χ2n) is 5.51. The molecule has 1 aromatic heterocycles. The van der Waals surface area contributed by atoms with E-state index in [1.807, 2.05) is 24.1 Å². The van der Waals surface area contributed by atoms with E-state index in [2.05, 4.69) is 40.7 Å². The fourth-order valence-electron chi connectivity index (χ4n) is 3.03.